The molecule has 1 aliphatic rings. The number of halogens is 4. The number of rotatable bonds is 4. The van der Waals surface area contributed by atoms with Crippen LogP contribution in [0.2, 0.25) is 0 Å². The Kier molecular flexibility index (Phi) is 5.59. The minimum Gasteiger partial charge on any atom is -0.321 e. The van der Waals surface area contributed by atoms with Crippen LogP contribution in [0.1, 0.15) is 5.56 Å². The molecule has 9 heteroatoms. The molecular formula is C18H20F4N4O+2. The second kappa shape index (κ2) is 7.91. The molecule has 1 saturated heterocycles. The number of carbonyl (C=O) groups is 1. The Morgan fingerprint density at radius 2 is 1.93 bits per heavy atom. The SMILES string of the molecule is O=C(C[NH+]1CCN(c2ccc(C(F)(F)F)c[nH+]2)CC1)Nc1cccc(F)c1. The molecule has 2 heterocycles. The Balaban J connectivity index is 1.49. The Labute approximate surface area is 153 Å². The van der Waals surface area contributed by atoms with Gasteiger partial charge in [0.2, 0.25) is 0 Å². The van der Waals surface area contributed by atoms with Crippen LogP contribution < -0.4 is 20.1 Å². The van der Waals surface area contributed by atoms with Crippen LogP contribution in [0.4, 0.5) is 29.1 Å². The van der Waals surface area contributed by atoms with Crippen molar-refractivity contribution in [2.24, 2.45) is 0 Å². The summed E-state index contributed by atoms with van der Waals surface area (Å²) in [5.41, 5.74) is -0.304. The first kappa shape index (κ1) is 19.1. The summed E-state index contributed by atoms with van der Waals surface area (Å²) in [4.78, 5) is 17.8. The van der Waals surface area contributed by atoms with Gasteiger partial charge in [-0.3, -0.25) is 9.69 Å². The number of hydrogen-bond donors (Lipinski definition) is 2. The highest BCUT2D eigenvalue weighted by Crippen LogP contribution is 2.28. The summed E-state index contributed by atoms with van der Waals surface area (Å²) in [6, 6.07) is 8.18. The van der Waals surface area contributed by atoms with Crippen LogP contribution in [-0.2, 0) is 11.0 Å². The van der Waals surface area contributed by atoms with E-state index in [0.29, 0.717) is 37.7 Å². The highest BCUT2D eigenvalue weighted by Gasteiger charge is 2.33. The lowest BCUT2D eigenvalue weighted by Gasteiger charge is -2.28. The van der Waals surface area contributed by atoms with Gasteiger partial charge in [-0.05, 0) is 24.3 Å². The molecule has 144 valence electrons. The van der Waals surface area contributed by atoms with E-state index in [-0.39, 0.29) is 12.5 Å². The molecule has 3 rings (SSSR count). The minimum atomic E-state index is -4.37. The lowest BCUT2D eigenvalue weighted by Crippen LogP contribution is -3.15. The van der Waals surface area contributed by atoms with Gasteiger partial charge in [0.25, 0.3) is 11.7 Å². The molecule has 0 unspecified atom stereocenters. The second-order valence-electron chi connectivity index (χ2n) is 6.43. The number of quaternary nitrogens is 1. The van der Waals surface area contributed by atoms with E-state index in [1.807, 2.05) is 4.90 Å². The molecule has 0 aliphatic carbocycles. The third kappa shape index (κ3) is 5.16. The largest absolute Gasteiger partial charge is 0.419 e. The molecule has 5 nitrogen and oxygen atoms in total. The number of pyridine rings is 1. The standard InChI is InChI=1S/C18H18F4N4O/c19-14-2-1-3-15(10-14)24-17(27)12-25-6-8-26(9-7-25)16-5-4-13(11-23-16)18(20,21)22/h1-5,10-11H,6-9,12H2,(H,24,27)/p+2. The number of anilines is 2. The number of nitrogens with one attached hydrogen (secondary N) is 3. The number of benzene rings is 1. The first-order valence-electron chi connectivity index (χ1n) is 8.54. The quantitative estimate of drug-likeness (QED) is 0.773. The van der Waals surface area contributed by atoms with Gasteiger partial charge in [-0.1, -0.05) is 6.07 Å². The fourth-order valence-electron chi connectivity index (χ4n) is 3.03. The summed E-state index contributed by atoms with van der Waals surface area (Å²) < 4.78 is 51.0. The van der Waals surface area contributed by atoms with Gasteiger partial charge in [0, 0.05) is 11.8 Å². The predicted octanol–water partition coefficient (Wildman–Crippen LogP) is 1.00. The van der Waals surface area contributed by atoms with Crippen LogP contribution in [0.3, 0.4) is 0 Å². The number of amides is 1. The van der Waals surface area contributed by atoms with Gasteiger partial charge in [0.05, 0.1) is 5.56 Å². The van der Waals surface area contributed by atoms with Gasteiger partial charge in [0.1, 0.15) is 38.2 Å². The summed E-state index contributed by atoms with van der Waals surface area (Å²) in [6.45, 7) is 2.83. The van der Waals surface area contributed by atoms with Crippen molar-refractivity contribution in [3.8, 4) is 0 Å². The average molecular weight is 384 g/mol. The first-order valence-corrected chi connectivity index (χ1v) is 8.54. The van der Waals surface area contributed by atoms with E-state index in [1.165, 1.54) is 24.3 Å². The number of hydrogen-bond acceptors (Lipinski definition) is 2. The molecular weight excluding hydrogens is 364 g/mol. The summed E-state index contributed by atoms with van der Waals surface area (Å²) in [6.07, 6.45) is -3.41. The molecule has 0 radical (unpaired) electrons. The van der Waals surface area contributed by atoms with Gasteiger partial charge >= 0.3 is 6.18 Å². The Hall–Kier alpha value is -2.68. The summed E-state index contributed by atoms with van der Waals surface area (Å²) in [5, 5.41) is 2.67. The molecule has 3 N–H and O–H groups in total. The van der Waals surface area contributed by atoms with Gasteiger partial charge in [-0.15, -0.1) is 0 Å². The van der Waals surface area contributed by atoms with E-state index in [9.17, 15) is 22.4 Å². The van der Waals surface area contributed by atoms with Crippen LogP contribution >= 0.6 is 0 Å². The second-order valence-corrected chi connectivity index (χ2v) is 6.43. The maximum atomic E-state index is 13.1. The molecule has 0 bridgehead atoms. The van der Waals surface area contributed by atoms with Crippen LogP contribution in [-0.4, -0.2) is 38.6 Å². The molecule has 1 amide bonds. The van der Waals surface area contributed by atoms with E-state index in [1.54, 1.807) is 6.07 Å². The number of nitrogens with zero attached hydrogens (tertiary/aromatic N) is 1. The zero-order chi connectivity index (χ0) is 19.4. The average Bonchev–Trinajstić information content (AvgIpc) is 2.62. The van der Waals surface area contributed by atoms with Crippen molar-refractivity contribution < 1.29 is 32.2 Å². The number of alkyl halides is 3. The summed E-state index contributed by atoms with van der Waals surface area (Å²) in [5.74, 6) is -0.00189. The van der Waals surface area contributed by atoms with Crippen molar-refractivity contribution >= 4 is 17.4 Å². The van der Waals surface area contributed by atoms with Gasteiger partial charge in [-0.25, -0.2) is 9.37 Å². The van der Waals surface area contributed by atoms with Crippen molar-refractivity contribution in [3.05, 3.63) is 54.0 Å². The number of aromatic amines is 1. The third-order valence-corrected chi connectivity index (χ3v) is 4.45. The lowest BCUT2D eigenvalue weighted by atomic mass is 10.2. The molecule has 1 fully saturated rings. The number of aromatic nitrogens is 1. The Morgan fingerprint density at radius 3 is 2.52 bits per heavy atom. The topological polar surface area (TPSA) is 50.9 Å². The van der Waals surface area contributed by atoms with E-state index < -0.39 is 17.6 Å². The van der Waals surface area contributed by atoms with Crippen molar-refractivity contribution in [2.45, 2.75) is 6.18 Å². The van der Waals surface area contributed by atoms with Crippen LogP contribution in [0.5, 0.6) is 0 Å². The van der Waals surface area contributed by atoms with E-state index in [4.69, 9.17) is 0 Å². The van der Waals surface area contributed by atoms with Gasteiger partial charge in [-0.2, -0.15) is 13.2 Å². The fourth-order valence-corrected chi connectivity index (χ4v) is 3.03. The van der Waals surface area contributed by atoms with E-state index in [0.717, 1.165) is 17.2 Å². The molecule has 1 aromatic carbocycles. The summed E-state index contributed by atoms with van der Waals surface area (Å²) >= 11 is 0. The highest BCUT2D eigenvalue weighted by molar-refractivity contribution is 5.91. The van der Waals surface area contributed by atoms with Crippen molar-refractivity contribution in [1.29, 1.82) is 0 Å². The Morgan fingerprint density at radius 1 is 1.19 bits per heavy atom. The molecule has 27 heavy (non-hydrogen) atoms. The molecule has 1 aliphatic heterocycles. The van der Waals surface area contributed by atoms with Crippen LogP contribution in [0.25, 0.3) is 0 Å². The zero-order valence-electron chi connectivity index (χ0n) is 14.4. The molecule has 2 aromatic rings. The minimum absolute atomic E-state index is 0.204. The van der Waals surface area contributed by atoms with Crippen LogP contribution in [0.15, 0.2) is 42.6 Å². The lowest BCUT2D eigenvalue weighted by molar-refractivity contribution is -0.892. The maximum Gasteiger partial charge on any atom is 0.419 e. The molecule has 0 saturated carbocycles. The first-order chi connectivity index (χ1) is 12.8. The summed E-state index contributed by atoms with van der Waals surface area (Å²) in [7, 11) is 0. The zero-order valence-corrected chi connectivity index (χ0v) is 14.4. The van der Waals surface area contributed by atoms with Crippen molar-refractivity contribution in [3.63, 3.8) is 0 Å². The van der Waals surface area contributed by atoms with E-state index >= 15 is 0 Å². The normalized spacial score (nSPS) is 15.6. The maximum absolute atomic E-state index is 13.1. The fraction of sp³-hybridized carbons (Fsp3) is 0.333. The molecule has 0 spiro atoms. The van der Waals surface area contributed by atoms with Crippen molar-refractivity contribution in [1.82, 2.24) is 0 Å². The molecule has 1 aromatic heterocycles. The third-order valence-electron chi connectivity index (χ3n) is 4.45. The molecule has 0 atom stereocenters. The van der Waals surface area contributed by atoms with E-state index in [2.05, 4.69) is 10.3 Å². The number of H-pyrrole nitrogens is 1. The van der Waals surface area contributed by atoms with Crippen LogP contribution in [0, 0.1) is 5.82 Å². The highest BCUT2D eigenvalue weighted by atomic mass is 19.4. The number of piperazine rings is 1. The van der Waals surface area contributed by atoms with Gasteiger partial charge in [0.15, 0.2) is 6.54 Å². The number of carbonyl (C=O) groups excluding carboxylic acids is 1. The monoisotopic (exact) mass is 384 g/mol. The van der Waals surface area contributed by atoms with Crippen molar-refractivity contribution in [2.75, 3.05) is 42.9 Å². The smallest absolute Gasteiger partial charge is 0.321 e. The van der Waals surface area contributed by atoms with Gasteiger partial charge < -0.3 is 10.2 Å². The Bertz CT molecular complexity index is 787. The predicted molar refractivity (Wildman–Crippen MR) is 90.8 cm³/mol.